The molecule has 0 aliphatic carbocycles. The summed E-state index contributed by atoms with van der Waals surface area (Å²) in [5, 5.41) is 204. The number of ether oxygens (including phenoxy) is 11. The number of aliphatic hydroxyl groups excluding tert-OH is 17. The Hall–Kier alpha value is -3.77. The van der Waals surface area contributed by atoms with E-state index in [0.29, 0.717) is 0 Å². The molecule has 0 saturated carbocycles. The van der Waals surface area contributed by atoms with E-state index in [1.807, 2.05) is 0 Å². The van der Waals surface area contributed by atoms with Crippen LogP contribution in [0.1, 0.15) is 34.1 Å². The highest BCUT2D eigenvalue weighted by atomic mass is 16.8. The fraction of sp³-hybridized carbons (Fsp3) is 0.894. The molecule has 38 heteroatoms. The second-order valence-corrected chi connectivity index (χ2v) is 21.2. The van der Waals surface area contributed by atoms with Crippen molar-refractivity contribution in [2.24, 2.45) is 0 Å². The minimum Gasteiger partial charge on any atom is -0.477 e. The first-order valence-electron chi connectivity index (χ1n) is 26.7. The van der Waals surface area contributed by atoms with Gasteiger partial charge in [-0.1, -0.05) is 0 Å². The number of carbonyl (C=O) groups excluding carboxylic acids is 4. The van der Waals surface area contributed by atoms with Crippen molar-refractivity contribution in [3.05, 3.63) is 0 Å². The van der Waals surface area contributed by atoms with Crippen LogP contribution in [0.25, 0.3) is 0 Å². The van der Waals surface area contributed by atoms with Gasteiger partial charge >= 0.3 is 5.97 Å². The average Bonchev–Trinajstić information content (AvgIpc) is 1.36. The Balaban J connectivity index is 1.33. The lowest BCUT2D eigenvalue weighted by atomic mass is 9.88. The number of aliphatic carboxylic acids is 1. The first-order valence-corrected chi connectivity index (χ1v) is 26.7. The summed E-state index contributed by atoms with van der Waals surface area (Å²) in [5.41, 5.74) is 0. The molecule has 6 aliphatic heterocycles. The number of carboxylic acid groups (broad SMARTS) is 1. The van der Waals surface area contributed by atoms with Crippen LogP contribution in [0, 0.1) is 0 Å². The molecule has 85 heavy (non-hydrogen) atoms. The molecule has 0 radical (unpaired) electrons. The van der Waals surface area contributed by atoms with Crippen LogP contribution in [0.2, 0.25) is 0 Å². The van der Waals surface area contributed by atoms with Gasteiger partial charge in [0.15, 0.2) is 31.5 Å². The number of carboxylic acids is 1. The van der Waals surface area contributed by atoms with E-state index in [1.165, 1.54) is 6.92 Å². The summed E-state index contributed by atoms with van der Waals surface area (Å²) in [6, 6.07) is -7.26. The highest BCUT2D eigenvalue weighted by Gasteiger charge is 2.60. The summed E-state index contributed by atoms with van der Waals surface area (Å²) >= 11 is 0. The van der Waals surface area contributed by atoms with E-state index >= 15 is 0 Å². The molecule has 31 atom stereocenters. The molecule has 0 bridgehead atoms. The Morgan fingerprint density at radius 3 is 1.58 bits per heavy atom. The zero-order chi connectivity index (χ0) is 63.3. The van der Waals surface area contributed by atoms with Crippen LogP contribution in [0.15, 0.2) is 0 Å². The molecule has 6 rings (SSSR count). The number of amides is 4. The quantitative estimate of drug-likeness (QED) is 0.0452. The molecule has 0 aromatic heterocycles. The third-order valence-electron chi connectivity index (χ3n) is 15.1. The summed E-state index contributed by atoms with van der Waals surface area (Å²) in [6.07, 6.45) is -53.1. The molecular formula is C47H78N4O34. The molecule has 38 nitrogen and oxygen atoms in total. The molecule has 1 unspecified atom stereocenters. The van der Waals surface area contributed by atoms with Gasteiger partial charge in [0.25, 0.3) is 5.79 Å². The monoisotopic (exact) mass is 1240 g/mol. The fourth-order valence-electron chi connectivity index (χ4n) is 10.6. The topological polar surface area (TPSA) is 599 Å². The Kier molecular flexibility index (Phi) is 24.9. The van der Waals surface area contributed by atoms with Gasteiger partial charge in [0.1, 0.15) is 141 Å². The minimum atomic E-state index is -3.08. The molecule has 490 valence electrons. The van der Waals surface area contributed by atoms with Crippen molar-refractivity contribution in [2.75, 3.05) is 39.6 Å². The Morgan fingerprint density at radius 1 is 0.518 bits per heavy atom. The maximum absolute atomic E-state index is 13.0. The van der Waals surface area contributed by atoms with Crippen molar-refractivity contribution < 1.29 is 168 Å². The van der Waals surface area contributed by atoms with Gasteiger partial charge in [-0.2, -0.15) is 0 Å². The van der Waals surface area contributed by atoms with E-state index in [0.717, 1.165) is 20.8 Å². The molecular weight excluding hydrogens is 1160 g/mol. The van der Waals surface area contributed by atoms with Gasteiger partial charge in [0, 0.05) is 27.2 Å². The molecule has 6 saturated heterocycles. The number of rotatable bonds is 23. The lowest BCUT2D eigenvalue weighted by molar-refractivity contribution is -0.400. The van der Waals surface area contributed by atoms with Gasteiger partial charge in [-0.15, -0.1) is 0 Å². The van der Waals surface area contributed by atoms with Crippen molar-refractivity contribution in [3.63, 3.8) is 0 Å². The zero-order valence-corrected chi connectivity index (χ0v) is 45.9. The summed E-state index contributed by atoms with van der Waals surface area (Å²) < 4.78 is 64.7. The van der Waals surface area contributed by atoms with Crippen LogP contribution in [0.3, 0.4) is 0 Å². The molecule has 22 N–H and O–H groups in total. The summed E-state index contributed by atoms with van der Waals surface area (Å²) in [4.78, 5) is 63.0. The largest absolute Gasteiger partial charge is 0.477 e. The predicted molar refractivity (Wildman–Crippen MR) is 263 cm³/mol. The first-order chi connectivity index (χ1) is 40.0. The van der Waals surface area contributed by atoms with Crippen molar-refractivity contribution in [3.8, 4) is 0 Å². The van der Waals surface area contributed by atoms with Gasteiger partial charge in [-0.3, -0.25) is 19.2 Å². The number of carbonyl (C=O) groups is 5. The maximum Gasteiger partial charge on any atom is 0.364 e. The third-order valence-corrected chi connectivity index (χ3v) is 15.1. The molecule has 6 aliphatic rings. The second kappa shape index (κ2) is 30.2. The van der Waals surface area contributed by atoms with Crippen LogP contribution in [0.5, 0.6) is 0 Å². The van der Waals surface area contributed by atoms with Crippen LogP contribution >= 0.6 is 0 Å². The number of aliphatic hydroxyl groups is 17. The lowest BCUT2D eigenvalue weighted by Crippen LogP contribution is -2.71. The standard InChI is InChI=1S/C47H78N4O34/c1-12-27(63)34(70)35(71)44(76-12)84-40-39(83-42-24(48-13(2)57)32(68)29(65)18(7-53)78-42)30(66)19(8-54)79-45(40)81-36-20(9-55)80-43(25(33(36)69)49-14(3)58)82-37-26(50-15(4)59)41(72)77-21(31(37)67)11-75-47(46(73)74)5-16(60)23(51-22(62)10-56)38(85-47)28(64)17(61)6-52/h12,16-21,23-45,52-56,60-61,63-72H,5-11H2,1-4H3,(H,48,57)(H,49,58)(H,50,59)(H,51,62)(H,73,74)/t12-,16-,17+,18+,19+,20+,21+,23+,24+,25+,26+,27+,28+,29-,30-,31-,32+,33+,34+,35-,36+,37+,38+,39-,40+,41?,42+,43-,44-,45-,47+/m0/s1. The normalized spacial score (nSPS) is 45.0. The Morgan fingerprint density at radius 2 is 1.02 bits per heavy atom. The summed E-state index contributed by atoms with van der Waals surface area (Å²) in [6.45, 7) is -2.52. The van der Waals surface area contributed by atoms with Gasteiger partial charge in [0.05, 0.1) is 51.3 Å². The molecule has 6 fully saturated rings. The summed E-state index contributed by atoms with van der Waals surface area (Å²) in [5.74, 6) is -8.92. The van der Waals surface area contributed by atoms with Crippen LogP contribution in [-0.2, 0) is 76.1 Å². The molecule has 0 spiro atoms. The maximum atomic E-state index is 13.0. The van der Waals surface area contributed by atoms with Gasteiger partial charge in [-0.25, -0.2) is 4.79 Å². The minimum absolute atomic E-state index is 0.816. The fourth-order valence-corrected chi connectivity index (χ4v) is 10.6. The van der Waals surface area contributed by atoms with Gasteiger partial charge in [0.2, 0.25) is 23.6 Å². The van der Waals surface area contributed by atoms with Gasteiger partial charge in [-0.05, 0) is 6.92 Å². The number of hydrogen-bond acceptors (Lipinski definition) is 33. The Labute approximate surface area is 481 Å². The highest BCUT2D eigenvalue weighted by Crippen LogP contribution is 2.39. The van der Waals surface area contributed by atoms with Crippen molar-refractivity contribution >= 4 is 29.6 Å². The SMILES string of the molecule is CC(=O)N[C@H]1[C@H](O[C@H]2[C@@H](O)[C@@H](CO[C@]3(C(=O)O)C[C@H](O)[C@@H](NC(=O)CO)[C@H]([C@H](O)[C@H](O)CO)O3)OC(O)[C@@H]2NC(C)=O)O[C@H](CO)[C@@H](O[C@@H]2O[C@H](CO)[C@H](O)[C@H](O[C@H]3O[C@H](CO)[C@H](O)[C@H](O)[C@H]3NC(C)=O)[C@H]2O[C@@H]2O[C@@H](C)[C@@H](O)[C@@H](O)[C@@H]2O)[C@@H]1O. The van der Waals surface area contributed by atoms with E-state index in [-0.39, 0.29) is 0 Å². The molecule has 0 aromatic carbocycles. The number of nitrogens with one attached hydrogen (secondary N) is 4. The smallest absolute Gasteiger partial charge is 0.364 e. The lowest BCUT2D eigenvalue weighted by Gasteiger charge is -2.51. The van der Waals surface area contributed by atoms with Crippen LogP contribution < -0.4 is 21.3 Å². The van der Waals surface area contributed by atoms with E-state index in [1.54, 1.807) is 0 Å². The van der Waals surface area contributed by atoms with Gasteiger partial charge < -0.3 is 165 Å². The first kappa shape index (κ1) is 70.3. The molecule has 4 amide bonds. The van der Waals surface area contributed by atoms with Crippen molar-refractivity contribution in [2.45, 2.75) is 224 Å². The zero-order valence-electron chi connectivity index (χ0n) is 45.9. The highest BCUT2D eigenvalue weighted by molar-refractivity contribution is 5.78. The summed E-state index contributed by atoms with van der Waals surface area (Å²) in [7, 11) is 0. The van der Waals surface area contributed by atoms with E-state index in [9.17, 15) is 116 Å². The van der Waals surface area contributed by atoms with E-state index in [2.05, 4.69) is 21.3 Å². The average molecular weight is 1240 g/mol. The predicted octanol–water partition coefficient (Wildman–Crippen LogP) is -14.3. The molecule has 0 aromatic rings. The van der Waals surface area contributed by atoms with Crippen LogP contribution in [0.4, 0.5) is 0 Å². The van der Waals surface area contributed by atoms with Crippen molar-refractivity contribution in [1.29, 1.82) is 0 Å². The Bertz CT molecular complexity index is 2220. The molecule has 6 heterocycles. The van der Waals surface area contributed by atoms with Crippen molar-refractivity contribution in [1.82, 2.24) is 21.3 Å². The second-order valence-electron chi connectivity index (χ2n) is 21.2. The van der Waals surface area contributed by atoms with E-state index in [4.69, 9.17) is 52.1 Å². The third kappa shape index (κ3) is 15.8. The van der Waals surface area contributed by atoms with Crippen LogP contribution in [-0.4, -0.2) is 351 Å². The number of hydrogen-bond donors (Lipinski definition) is 22. The van der Waals surface area contributed by atoms with E-state index < -0.39 is 265 Å².